The first-order valence-corrected chi connectivity index (χ1v) is 2.53. The summed E-state index contributed by atoms with van der Waals surface area (Å²) in [4.78, 5) is 20.1. The van der Waals surface area contributed by atoms with E-state index in [2.05, 4.69) is 9.91 Å². The lowest BCUT2D eigenvalue weighted by molar-refractivity contribution is -0.138. The summed E-state index contributed by atoms with van der Waals surface area (Å²) < 4.78 is 4.29. The van der Waals surface area contributed by atoms with Crippen molar-refractivity contribution in [3.05, 3.63) is 16.0 Å². The van der Waals surface area contributed by atoms with Gasteiger partial charge < -0.3 is 10.1 Å². The fourth-order valence-electron chi connectivity index (χ4n) is 0.303. The average Bonchev–Trinajstić information content (AvgIpc) is 1.91. The van der Waals surface area contributed by atoms with Gasteiger partial charge in [0.05, 0.1) is 6.61 Å². The van der Waals surface area contributed by atoms with Gasteiger partial charge >= 0.3 is 5.97 Å². The standard InChI is InChI=1S/C5H5N2O3/c1-2-10-5(8)4(3-6)7-9/h2H2,1H3/q-1. The SMILES string of the molecule is CCOC(=O)C(=C=[N-])N=O. The molecule has 0 bridgehead atoms. The van der Waals surface area contributed by atoms with Crippen molar-refractivity contribution in [3.63, 3.8) is 0 Å². The van der Waals surface area contributed by atoms with Gasteiger partial charge in [-0.15, -0.1) is 4.91 Å². The molecule has 0 fully saturated rings. The van der Waals surface area contributed by atoms with Gasteiger partial charge in [-0.05, 0) is 12.1 Å². The highest BCUT2D eigenvalue weighted by molar-refractivity contribution is 5.97. The van der Waals surface area contributed by atoms with E-state index < -0.39 is 11.7 Å². The fourth-order valence-corrected chi connectivity index (χ4v) is 0.303. The van der Waals surface area contributed by atoms with Crippen LogP contribution in [0.15, 0.2) is 10.9 Å². The van der Waals surface area contributed by atoms with Crippen molar-refractivity contribution in [3.8, 4) is 0 Å². The molecule has 0 radical (unpaired) electrons. The molecule has 0 aliphatic rings. The number of hydrogen-bond acceptors (Lipinski definition) is 4. The van der Waals surface area contributed by atoms with Crippen LogP contribution in [0.1, 0.15) is 6.92 Å². The Morgan fingerprint density at radius 1 is 1.80 bits per heavy atom. The van der Waals surface area contributed by atoms with Gasteiger partial charge in [0.15, 0.2) is 0 Å². The number of rotatable bonds is 3. The number of carbonyl (C=O) groups excluding carboxylic acids is 1. The number of nitroso groups, excluding NO2 is 1. The molecule has 0 aromatic rings. The molecular formula is C5H5N2O3-. The van der Waals surface area contributed by atoms with E-state index in [1.54, 1.807) is 6.92 Å². The summed E-state index contributed by atoms with van der Waals surface area (Å²) in [6.45, 7) is 1.69. The van der Waals surface area contributed by atoms with Crippen molar-refractivity contribution in [2.45, 2.75) is 6.92 Å². The molecule has 5 heteroatoms. The van der Waals surface area contributed by atoms with Crippen molar-refractivity contribution in [2.75, 3.05) is 6.61 Å². The summed E-state index contributed by atoms with van der Waals surface area (Å²) in [5.41, 5.74) is -0.748. The van der Waals surface area contributed by atoms with Crippen molar-refractivity contribution < 1.29 is 9.53 Å². The molecule has 0 N–H and O–H groups in total. The van der Waals surface area contributed by atoms with Gasteiger partial charge in [0.25, 0.3) is 0 Å². The summed E-state index contributed by atoms with van der Waals surface area (Å²) in [5.74, 6) is 0.327. The van der Waals surface area contributed by atoms with Crippen LogP contribution in [0.4, 0.5) is 0 Å². The second-order valence-corrected chi connectivity index (χ2v) is 1.27. The molecule has 0 heterocycles. The molecule has 54 valence electrons. The Balaban J connectivity index is 4.18. The van der Waals surface area contributed by atoms with Crippen LogP contribution in [0, 0.1) is 4.91 Å². The van der Waals surface area contributed by atoms with E-state index in [0.717, 1.165) is 0 Å². The molecule has 0 unspecified atom stereocenters. The maximum atomic E-state index is 10.4. The zero-order valence-electron chi connectivity index (χ0n) is 5.33. The third-order valence-electron chi connectivity index (χ3n) is 0.666. The van der Waals surface area contributed by atoms with Crippen LogP contribution >= 0.6 is 0 Å². The molecule has 0 aliphatic heterocycles. The molecule has 0 spiro atoms. The van der Waals surface area contributed by atoms with E-state index in [4.69, 9.17) is 5.41 Å². The van der Waals surface area contributed by atoms with Crippen LogP contribution in [0.25, 0.3) is 5.41 Å². The molecule has 10 heavy (non-hydrogen) atoms. The Morgan fingerprint density at radius 2 is 2.40 bits per heavy atom. The summed E-state index contributed by atoms with van der Waals surface area (Å²) >= 11 is 0. The van der Waals surface area contributed by atoms with Crippen LogP contribution < -0.4 is 0 Å². The predicted molar refractivity (Wildman–Crippen MR) is 34.3 cm³/mol. The van der Waals surface area contributed by atoms with E-state index in [-0.39, 0.29) is 6.61 Å². The van der Waals surface area contributed by atoms with Crippen molar-refractivity contribution in [1.29, 1.82) is 0 Å². The topological polar surface area (TPSA) is 78.0 Å². The van der Waals surface area contributed by atoms with Crippen LogP contribution in [0.3, 0.4) is 0 Å². The monoisotopic (exact) mass is 141 g/mol. The van der Waals surface area contributed by atoms with Gasteiger partial charge in [0.1, 0.15) is 0 Å². The first-order valence-electron chi connectivity index (χ1n) is 2.53. The molecule has 0 amide bonds. The molecule has 0 aromatic heterocycles. The highest BCUT2D eigenvalue weighted by Gasteiger charge is 2.06. The molecule has 5 nitrogen and oxygen atoms in total. The van der Waals surface area contributed by atoms with Gasteiger partial charge in [0, 0.05) is 0 Å². The van der Waals surface area contributed by atoms with Gasteiger partial charge in [-0.25, -0.2) is 10.7 Å². The minimum atomic E-state index is -0.972. The van der Waals surface area contributed by atoms with Crippen LogP contribution in [-0.4, -0.2) is 18.4 Å². The number of esters is 1. The maximum absolute atomic E-state index is 10.4. The lowest BCUT2D eigenvalue weighted by Gasteiger charge is -1.96. The van der Waals surface area contributed by atoms with Gasteiger partial charge in [0.2, 0.25) is 5.70 Å². The van der Waals surface area contributed by atoms with E-state index in [0.29, 0.717) is 0 Å². The molecule has 0 aliphatic carbocycles. The van der Waals surface area contributed by atoms with Crippen LogP contribution in [0.2, 0.25) is 0 Å². The zero-order valence-corrected chi connectivity index (χ0v) is 5.33. The molecule has 0 rings (SSSR count). The summed E-state index contributed by atoms with van der Waals surface area (Å²) in [6, 6.07) is 0. The zero-order chi connectivity index (χ0) is 7.98. The molecular weight excluding hydrogens is 136 g/mol. The number of nitrogens with zero attached hydrogens (tertiary/aromatic N) is 2. The number of hydrogen-bond donors (Lipinski definition) is 0. The molecule has 0 aromatic carbocycles. The van der Waals surface area contributed by atoms with E-state index in [9.17, 15) is 9.70 Å². The third kappa shape index (κ3) is 2.19. The van der Waals surface area contributed by atoms with E-state index in [1.807, 2.05) is 0 Å². The highest BCUT2D eigenvalue weighted by atomic mass is 16.5. The minimum Gasteiger partial charge on any atom is -0.761 e. The van der Waals surface area contributed by atoms with E-state index >= 15 is 0 Å². The minimum absolute atomic E-state index is 0.125. The van der Waals surface area contributed by atoms with Gasteiger partial charge in [-0.3, -0.25) is 0 Å². The second kappa shape index (κ2) is 4.40. The Kier molecular flexibility index (Phi) is 3.75. The van der Waals surface area contributed by atoms with Crippen molar-refractivity contribution >= 4 is 11.8 Å². The summed E-state index contributed by atoms with van der Waals surface area (Å²) in [6.07, 6.45) is 0. The third-order valence-corrected chi connectivity index (χ3v) is 0.666. The van der Waals surface area contributed by atoms with Crippen LogP contribution in [-0.2, 0) is 9.53 Å². The highest BCUT2D eigenvalue weighted by Crippen LogP contribution is 1.93. The van der Waals surface area contributed by atoms with Crippen molar-refractivity contribution in [2.24, 2.45) is 5.18 Å². The van der Waals surface area contributed by atoms with Gasteiger partial charge in [-0.1, -0.05) is 0 Å². The molecule has 0 saturated carbocycles. The predicted octanol–water partition coefficient (Wildman–Crippen LogP) is 0.439. The Bertz CT molecular complexity index is 193. The Labute approximate surface area is 57.2 Å². The largest absolute Gasteiger partial charge is 0.761 e. The number of ether oxygens (including phenoxy) is 1. The van der Waals surface area contributed by atoms with Crippen LogP contribution in [0.5, 0.6) is 0 Å². The maximum Gasteiger partial charge on any atom is 0.366 e. The Hall–Kier alpha value is -1.48. The van der Waals surface area contributed by atoms with Gasteiger partial charge in [-0.2, -0.15) is 0 Å². The smallest absolute Gasteiger partial charge is 0.366 e. The normalized spacial score (nSPS) is 7.70. The quantitative estimate of drug-likeness (QED) is 0.247. The lowest BCUT2D eigenvalue weighted by Crippen LogP contribution is -2.05. The lowest BCUT2D eigenvalue weighted by atomic mass is 10.5. The molecule has 0 atom stereocenters. The summed E-state index contributed by atoms with van der Waals surface area (Å²) in [5, 5.41) is 10.2. The average molecular weight is 141 g/mol. The first kappa shape index (κ1) is 8.52. The van der Waals surface area contributed by atoms with E-state index in [1.165, 1.54) is 5.87 Å². The second-order valence-electron chi connectivity index (χ2n) is 1.27. The summed E-state index contributed by atoms with van der Waals surface area (Å²) in [7, 11) is 0. The molecule has 0 saturated heterocycles. The first-order chi connectivity index (χ1) is 4.76. The number of carbonyl (C=O) groups is 1. The Morgan fingerprint density at radius 3 is 2.70 bits per heavy atom. The van der Waals surface area contributed by atoms with Crippen molar-refractivity contribution in [1.82, 2.24) is 0 Å². The fraction of sp³-hybridized carbons (Fsp3) is 0.400.